The number of hydrogen-bond donors (Lipinski definition) is 1. The zero-order valence-electron chi connectivity index (χ0n) is 7.90. The van der Waals surface area contributed by atoms with Gasteiger partial charge in [-0.1, -0.05) is 0 Å². The highest BCUT2D eigenvalue weighted by Crippen LogP contribution is 2.01. The topological polar surface area (TPSA) is 55.1 Å². The maximum atomic E-state index is 11.1. The maximum absolute atomic E-state index is 11.1. The minimum atomic E-state index is -0.884. The van der Waals surface area contributed by atoms with Crippen molar-refractivity contribution in [2.24, 2.45) is 0 Å². The van der Waals surface area contributed by atoms with Crippen LogP contribution in [0.4, 0.5) is 0 Å². The van der Waals surface area contributed by atoms with Gasteiger partial charge in [-0.2, -0.15) is 5.10 Å². The van der Waals surface area contributed by atoms with Crippen LogP contribution in [0.25, 0.3) is 0 Å². The van der Waals surface area contributed by atoms with Crippen molar-refractivity contribution in [3.05, 3.63) is 18.0 Å². The Bertz CT molecular complexity index is 292. The van der Waals surface area contributed by atoms with Crippen LogP contribution in [-0.4, -0.2) is 26.8 Å². The first-order chi connectivity index (χ1) is 6.13. The first-order valence-electron chi connectivity index (χ1n) is 4.35. The lowest BCUT2D eigenvalue weighted by molar-refractivity contribution is -0.125. The number of aliphatic hydroxyl groups is 1. The van der Waals surface area contributed by atoms with Gasteiger partial charge >= 0.3 is 0 Å². The van der Waals surface area contributed by atoms with Crippen LogP contribution < -0.4 is 0 Å². The van der Waals surface area contributed by atoms with Crippen LogP contribution in [0, 0.1) is 0 Å². The molecule has 0 aromatic carbocycles. The second kappa shape index (κ2) is 4.18. The van der Waals surface area contributed by atoms with E-state index >= 15 is 0 Å². The molecule has 0 radical (unpaired) electrons. The smallest absolute Gasteiger partial charge is 0.165 e. The molecule has 1 aromatic heterocycles. The number of aromatic nitrogens is 2. The van der Waals surface area contributed by atoms with Crippen LogP contribution in [-0.2, 0) is 17.8 Å². The Morgan fingerprint density at radius 3 is 2.92 bits per heavy atom. The summed E-state index contributed by atoms with van der Waals surface area (Å²) in [5, 5.41) is 13.0. The second-order valence-corrected chi connectivity index (χ2v) is 3.02. The zero-order valence-corrected chi connectivity index (χ0v) is 7.90. The molecule has 1 aromatic rings. The molecule has 1 heterocycles. The van der Waals surface area contributed by atoms with E-state index in [0.29, 0.717) is 0 Å². The third kappa shape index (κ3) is 2.66. The van der Waals surface area contributed by atoms with Crippen molar-refractivity contribution in [1.82, 2.24) is 9.78 Å². The predicted octanol–water partition coefficient (Wildman–Crippen LogP) is 0.395. The number of aliphatic hydroxyl groups excluding tert-OH is 1. The minimum Gasteiger partial charge on any atom is -0.386 e. The standard InChI is InChI=1S/C9H14N2O2/c1-3-11-6-8(5-10-11)4-9(13)7(2)12/h5-7,12H,3-4H2,1-2H3. The molecular formula is C9H14N2O2. The van der Waals surface area contributed by atoms with Gasteiger partial charge < -0.3 is 5.11 Å². The van der Waals surface area contributed by atoms with Crippen molar-refractivity contribution in [2.45, 2.75) is 32.9 Å². The molecule has 0 bridgehead atoms. The largest absolute Gasteiger partial charge is 0.386 e. The molecule has 0 spiro atoms. The van der Waals surface area contributed by atoms with Gasteiger partial charge in [0.15, 0.2) is 5.78 Å². The predicted molar refractivity (Wildman–Crippen MR) is 48.3 cm³/mol. The van der Waals surface area contributed by atoms with Gasteiger partial charge in [0.1, 0.15) is 6.10 Å². The molecule has 0 saturated carbocycles. The van der Waals surface area contributed by atoms with Gasteiger partial charge in [0.2, 0.25) is 0 Å². The van der Waals surface area contributed by atoms with Gasteiger partial charge in [-0.25, -0.2) is 0 Å². The summed E-state index contributed by atoms with van der Waals surface area (Å²) in [7, 11) is 0. The molecule has 13 heavy (non-hydrogen) atoms. The van der Waals surface area contributed by atoms with Crippen molar-refractivity contribution in [3.8, 4) is 0 Å². The van der Waals surface area contributed by atoms with E-state index in [1.807, 2.05) is 13.1 Å². The number of rotatable bonds is 4. The Labute approximate surface area is 77.2 Å². The monoisotopic (exact) mass is 182 g/mol. The summed E-state index contributed by atoms with van der Waals surface area (Å²) in [6.45, 7) is 4.25. The highest BCUT2D eigenvalue weighted by atomic mass is 16.3. The van der Waals surface area contributed by atoms with Crippen molar-refractivity contribution in [1.29, 1.82) is 0 Å². The van der Waals surface area contributed by atoms with E-state index < -0.39 is 6.10 Å². The number of nitrogens with zero attached hydrogens (tertiary/aromatic N) is 2. The van der Waals surface area contributed by atoms with Crippen LogP contribution in [0.2, 0.25) is 0 Å². The molecule has 1 unspecified atom stereocenters. The molecule has 1 N–H and O–H groups in total. The van der Waals surface area contributed by atoms with E-state index in [-0.39, 0.29) is 12.2 Å². The molecule has 0 aliphatic carbocycles. The van der Waals surface area contributed by atoms with Crippen LogP contribution >= 0.6 is 0 Å². The summed E-state index contributed by atoms with van der Waals surface area (Å²) in [6.07, 6.45) is 2.85. The normalized spacial score (nSPS) is 12.8. The Balaban J connectivity index is 2.59. The van der Waals surface area contributed by atoms with Gasteiger partial charge in [-0.05, 0) is 19.4 Å². The molecule has 4 nitrogen and oxygen atoms in total. The lowest BCUT2D eigenvalue weighted by atomic mass is 10.1. The van der Waals surface area contributed by atoms with E-state index in [1.165, 1.54) is 6.92 Å². The third-order valence-electron chi connectivity index (χ3n) is 1.86. The van der Waals surface area contributed by atoms with E-state index in [9.17, 15) is 4.79 Å². The minimum absolute atomic E-state index is 0.171. The molecule has 4 heteroatoms. The highest BCUT2D eigenvalue weighted by molar-refractivity contribution is 5.84. The van der Waals surface area contributed by atoms with E-state index in [4.69, 9.17) is 5.11 Å². The van der Waals surface area contributed by atoms with Gasteiger partial charge in [-0.3, -0.25) is 9.48 Å². The van der Waals surface area contributed by atoms with Gasteiger partial charge in [0, 0.05) is 19.2 Å². The molecular weight excluding hydrogens is 168 g/mol. The quantitative estimate of drug-likeness (QED) is 0.733. The van der Waals surface area contributed by atoms with Crippen LogP contribution in [0.3, 0.4) is 0 Å². The third-order valence-corrected chi connectivity index (χ3v) is 1.86. The summed E-state index contributed by atoms with van der Waals surface area (Å²) in [5.41, 5.74) is 0.854. The van der Waals surface area contributed by atoms with Crippen LogP contribution in [0.5, 0.6) is 0 Å². The molecule has 0 fully saturated rings. The first kappa shape index (κ1) is 9.92. The van der Waals surface area contributed by atoms with E-state index in [0.717, 1.165) is 12.1 Å². The Morgan fingerprint density at radius 1 is 1.77 bits per heavy atom. The number of ketones is 1. The zero-order chi connectivity index (χ0) is 9.84. The summed E-state index contributed by atoms with van der Waals surface area (Å²) >= 11 is 0. The van der Waals surface area contributed by atoms with E-state index in [2.05, 4.69) is 5.10 Å². The SMILES string of the molecule is CCn1cc(CC(=O)C(C)O)cn1. The molecule has 0 saturated heterocycles. The average Bonchev–Trinajstić information content (AvgIpc) is 2.52. The van der Waals surface area contributed by atoms with Gasteiger partial charge in [0.05, 0.1) is 6.20 Å². The maximum Gasteiger partial charge on any atom is 0.165 e. The summed E-state index contributed by atoms with van der Waals surface area (Å²) < 4.78 is 1.75. The first-order valence-corrected chi connectivity index (χ1v) is 4.35. The summed E-state index contributed by atoms with van der Waals surface area (Å²) in [4.78, 5) is 11.1. The summed E-state index contributed by atoms with van der Waals surface area (Å²) in [6, 6.07) is 0. The Morgan fingerprint density at radius 2 is 2.46 bits per heavy atom. The molecule has 1 atom stereocenters. The molecule has 72 valence electrons. The second-order valence-electron chi connectivity index (χ2n) is 3.02. The fourth-order valence-electron chi connectivity index (χ4n) is 1.02. The van der Waals surface area contributed by atoms with Gasteiger partial charge in [-0.15, -0.1) is 0 Å². The van der Waals surface area contributed by atoms with Crippen molar-refractivity contribution >= 4 is 5.78 Å². The number of carbonyl (C=O) groups is 1. The Kier molecular flexibility index (Phi) is 3.19. The van der Waals surface area contributed by atoms with Crippen molar-refractivity contribution in [3.63, 3.8) is 0 Å². The summed E-state index contributed by atoms with van der Waals surface area (Å²) in [5.74, 6) is -0.171. The Hall–Kier alpha value is -1.16. The molecule has 0 aliphatic heterocycles. The lowest BCUT2D eigenvalue weighted by Gasteiger charge is -1.99. The lowest BCUT2D eigenvalue weighted by Crippen LogP contribution is -2.17. The van der Waals surface area contributed by atoms with Gasteiger partial charge in [0.25, 0.3) is 0 Å². The fraction of sp³-hybridized carbons (Fsp3) is 0.556. The molecule has 0 aliphatic rings. The van der Waals surface area contributed by atoms with E-state index in [1.54, 1.807) is 10.9 Å². The molecule has 0 amide bonds. The van der Waals surface area contributed by atoms with Crippen LogP contribution in [0.1, 0.15) is 19.4 Å². The number of hydrogen-bond acceptors (Lipinski definition) is 3. The highest BCUT2D eigenvalue weighted by Gasteiger charge is 2.10. The number of Topliss-reactive ketones (excluding diaryl/α,β-unsaturated/α-hetero) is 1. The number of aryl methyl sites for hydroxylation is 1. The fourth-order valence-corrected chi connectivity index (χ4v) is 1.02. The average molecular weight is 182 g/mol. The van der Waals surface area contributed by atoms with Crippen molar-refractivity contribution < 1.29 is 9.90 Å². The van der Waals surface area contributed by atoms with Crippen LogP contribution in [0.15, 0.2) is 12.4 Å². The molecule has 1 rings (SSSR count). The number of carbonyl (C=O) groups excluding carboxylic acids is 1. The van der Waals surface area contributed by atoms with Crippen molar-refractivity contribution in [2.75, 3.05) is 0 Å².